The molecule has 0 saturated heterocycles. The Hall–Kier alpha value is -3.68. The summed E-state index contributed by atoms with van der Waals surface area (Å²) in [6.45, 7) is 0. The predicted octanol–water partition coefficient (Wildman–Crippen LogP) is 1.79. The Morgan fingerprint density at radius 2 is 2.00 bits per heavy atom. The molecule has 0 bridgehead atoms. The van der Waals surface area contributed by atoms with Crippen molar-refractivity contribution in [2.45, 2.75) is 0 Å². The van der Waals surface area contributed by atoms with Crippen LogP contribution in [0.15, 0.2) is 42.7 Å². The van der Waals surface area contributed by atoms with Crippen molar-refractivity contribution in [2.24, 2.45) is 5.73 Å². The number of benzene rings is 2. The van der Waals surface area contributed by atoms with Gasteiger partial charge in [-0.3, -0.25) is 9.59 Å². The van der Waals surface area contributed by atoms with Crippen LogP contribution in [-0.4, -0.2) is 31.8 Å². The highest BCUT2D eigenvalue weighted by Crippen LogP contribution is 2.20. The molecule has 0 aliphatic carbocycles. The number of nitrogens with two attached hydrogens (primary N) is 1. The SMILES string of the molecule is NC(=O)c1nc2c(C(=O)Nc3ccc4[nH]cnc4c3)cccc2[nH]1. The quantitative estimate of drug-likeness (QED) is 0.458. The van der Waals surface area contributed by atoms with Crippen molar-refractivity contribution in [3.63, 3.8) is 0 Å². The molecule has 0 atom stereocenters. The van der Waals surface area contributed by atoms with Gasteiger partial charge in [0, 0.05) is 5.69 Å². The van der Waals surface area contributed by atoms with Gasteiger partial charge in [-0.05, 0) is 30.3 Å². The maximum Gasteiger partial charge on any atom is 0.284 e. The van der Waals surface area contributed by atoms with Crippen molar-refractivity contribution < 1.29 is 9.59 Å². The predicted molar refractivity (Wildman–Crippen MR) is 88.7 cm³/mol. The Labute approximate surface area is 135 Å². The van der Waals surface area contributed by atoms with E-state index in [2.05, 4.69) is 25.3 Å². The van der Waals surface area contributed by atoms with Crippen LogP contribution in [0.25, 0.3) is 22.1 Å². The molecule has 0 saturated carbocycles. The second kappa shape index (κ2) is 5.20. The van der Waals surface area contributed by atoms with Crippen molar-refractivity contribution in [3.8, 4) is 0 Å². The van der Waals surface area contributed by atoms with Crippen molar-refractivity contribution in [2.75, 3.05) is 5.32 Å². The van der Waals surface area contributed by atoms with Gasteiger partial charge in [0.15, 0.2) is 5.82 Å². The van der Waals surface area contributed by atoms with Crippen molar-refractivity contribution >= 4 is 39.6 Å². The normalized spacial score (nSPS) is 11.0. The van der Waals surface area contributed by atoms with Gasteiger partial charge in [-0.2, -0.15) is 0 Å². The first-order valence-electron chi connectivity index (χ1n) is 7.15. The molecule has 5 N–H and O–H groups in total. The summed E-state index contributed by atoms with van der Waals surface area (Å²) in [6, 6.07) is 10.4. The van der Waals surface area contributed by atoms with Crippen LogP contribution in [-0.2, 0) is 0 Å². The van der Waals surface area contributed by atoms with Crippen LogP contribution < -0.4 is 11.1 Å². The Morgan fingerprint density at radius 3 is 2.83 bits per heavy atom. The molecule has 0 aliphatic rings. The number of rotatable bonds is 3. The molecule has 0 radical (unpaired) electrons. The lowest BCUT2D eigenvalue weighted by molar-refractivity contribution is 0.0989. The third-order valence-corrected chi connectivity index (χ3v) is 3.67. The van der Waals surface area contributed by atoms with Crippen molar-refractivity contribution in [1.82, 2.24) is 19.9 Å². The molecule has 4 rings (SSSR count). The van der Waals surface area contributed by atoms with Crippen LogP contribution in [0.1, 0.15) is 21.0 Å². The van der Waals surface area contributed by atoms with Crippen LogP contribution in [0.5, 0.6) is 0 Å². The third kappa shape index (κ3) is 2.26. The summed E-state index contributed by atoms with van der Waals surface area (Å²) in [5.74, 6) is -0.997. The fourth-order valence-electron chi connectivity index (χ4n) is 2.54. The summed E-state index contributed by atoms with van der Waals surface area (Å²) >= 11 is 0. The van der Waals surface area contributed by atoms with E-state index in [1.54, 1.807) is 36.7 Å². The summed E-state index contributed by atoms with van der Waals surface area (Å²) in [4.78, 5) is 37.9. The van der Waals surface area contributed by atoms with Gasteiger partial charge >= 0.3 is 0 Å². The number of fused-ring (bicyclic) bond motifs is 2. The molecular formula is C16H12N6O2. The molecule has 8 heteroatoms. The summed E-state index contributed by atoms with van der Waals surface area (Å²) in [5, 5.41) is 2.81. The topological polar surface area (TPSA) is 130 Å². The molecule has 0 aliphatic heterocycles. The van der Waals surface area contributed by atoms with E-state index in [0.29, 0.717) is 22.3 Å². The van der Waals surface area contributed by atoms with Crippen molar-refractivity contribution in [1.29, 1.82) is 0 Å². The molecule has 2 aromatic carbocycles. The maximum atomic E-state index is 12.6. The zero-order valence-electron chi connectivity index (χ0n) is 12.3. The van der Waals surface area contributed by atoms with Gasteiger partial charge in [0.1, 0.15) is 5.52 Å². The number of carbonyl (C=O) groups is 2. The first kappa shape index (κ1) is 13.9. The number of hydrogen-bond acceptors (Lipinski definition) is 4. The number of aromatic amines is 2. The lowest BCUT2D eigenvalue weighted by Gasteiger charge is -2.05. The molecule has 2 aromatic heterocycles. The van der Waals surface area contributed by atoms with Crippen LogP contribution in [0.2, 0.25) is 0 Å². The first-order valence-corrected chi connectivity index (χ1v) is 7.15. The van der Waals surface area contributed by atoms with E-state index in [9.17, 15) is 9.59 Å². The highest BCUT2D eigenvalue weighted by molar-refractivity contribution is 6.12. The number of aromatic nitrogens is 4. The second-order valence-corrected chi connectivity index (χ2v) is 5.24. The number of amides is 2. The molecule has 0 unspecified atom stereocenters. The van der Waals surface area contributed by atoms with Gasteiger partial charge in [0.2, 0.25) is 0 Å². The van der Waals surface area contributed by atoms with E-state index in [0.717, 1.165) is 11.0 Å². The van der Waals surface area contributed by atoms with E-state index in [4.69, 9.17) is 5.73 Å². The van der Waals surface area contributed by atoms with E-state index >= 15 is 0 Å². The summed E-state index contributed by atoms with van der Waals surface area (Å²) < 4.78 is 0. The Morgan fingerprint density at radius 1 is 1.12 bits per heavy atom. The molecule has 2 amide bonds. The maximum absolute atomic E-state index is 12.6. The monoisotopic (exact) mass is 320 g/mol. The fourth-order valence-corrected chi connectivity index (χ4v) is 2.54. The number of carbonyl (C=O) groups excluding carboxylic acids is 2. The number of anilines is 1. The van der Waals surface area contributed by atoms with Gasteiger partial charge < -0.3 is 21.0 Å². The van der Waals surface area contributed by atoms with E-state index in [-0.39, 0.29) is 11.7 Å². The zero-order valence-corrected chi connectivity index (χ0v) is 12.3. The number of para-hydroxylation sites is 1. The second-order valence-electron chi connectivity index (χ2n) is 5.24. The molecule has 2 heterocycles. The smallest absolute Gasteiger partial charge is 0.284 e. The first-order chi connectivity index (χ1) is 11.6. The minimum absolute atomic E-state index is 0.0168. The van der Waals surface area contributed by atoms with Crippen LogP contribution >= 0.6 is 0 Å². The third-order valence-electron chi connectivity index (χ3n) is 3.67. The Bertz CT molecular complexity index is 1090. The highest BCUT2D eigenvalue weighted by Gasteiger charge is 2.16. The zero-order chi connectivity index (χ0) is 16.7. The fraction of sp³-hybridized carbons (Fsp3) is 0. The van der Waals surface area contributed by atoms with Crippen molar-refractivity contribution in [3.05, 3.63) is 54.1 Å². The van der Waals surface area contributed by atoms with Gasteiger partial charge in [-0.25, -0.2) is 9.97 Å². The highest BCUT2D eigenvalue weighted by atomic mass is 16.2. The number of nitrogens with one attached hydrogen (secondary N) is 3. The molecule has 0 spiro atoms. The molecule has 4 aromatic rings. The lowest BCUT2D eigenvalue weighted by Crippen LogP contribution is -2.13. The number of hydrogen-bond donors (Lipinski definition) is 4. The van der Waals surface area contributed by atoms with E-state index < -0.39 is 5.91 Å². The van der Waals surface area contributed by atoms with Gasteiger partial charge in [-0.15, -0.1) is 0 Å². The van der Waals surface area contributed by atoms with Crippen LogP contribution in [0.4, 0.5) is 5.69 Å². The van der Waals surface area contributed by atoms with E-state index in [1.807, 2.05) is 6.07 Å². The minimum Gasteiger partial charge on any atom is -0.363 e. The summed E-state index contributed by atoms with van der Waals surface area (Å²) in [5.41, 5.74) is 8.78. The van der Waals surface area contributed by atoms with Crippen LogP contribution in [0.3, 0.4) is 0 Å². The minimum atomic E-state index is -0.679. The number of nitrogens with zero attached hydrogens (tertiary/aromatic N) is 2. The molecule has 118 valence electrons. The standard InChI is InChI=1S/C16H12N6O2/c17-14(23)15-21-11-3-1-2-9(13(11)22-15)16(24)20-8-4-5-10-12(6-8)19-7-18-10/h1-7H,(H2,17,23)(H,18,19)(H,20,24)(H,21,22). The van der Waals surface area contributed by atoms with Gasteiger partial charge in [0.25, 0.3) is 11.8 Å². The Kier molecular flexibility index (Phi) is 3.02. The molecule has 8 nitrogen and oxygen atoms in total. The number of primary amides is 1. The average molecular weight is 320 g/mol. The number of imidazole rings is 2. The lowest BCUT2D eigenvalue weighted by atomic mass is 10.1. The molecule has 0 fully saturated rings. The van der Waals surface area contributed by atoms with Crippen LogP contribution in [0, 0.1) is 0 Å². The molecular weight excluding hydrogens is 308 g/mol. The average Bonchev–Trinajstić information content (AvgIpc) is 3.20. The number of H-pyrrole nitrogens is 2. The summed E-state index contributed by atoms with van der Waals surface area (Å²) in [7, 11) is 0. The van der Waals surface area contributed by atoms with E-state index in [1.165, 1.54) is 0 Å². The summed E-state index contributed by atoms with van der Waals surface area (Å²) in [6.07, 6.45) is 1.59. The molecule has 24 heavy (non-hydrogen) atoms. The largest absolute Gasteiger partial charge is 0.363 e. The van der Waals surface area contributed by atoms with Gasteiger partial charge in [0.05, 0.1) is 28.4 Å². The van der Waals surface area contributed by atoms with Gasteiger partial charge in [-0.1, -0.05) is 6.07 Å². The Balaban J connectivity index is 1.70.